The van der Waals surface area contributed by atoms with Crippen LogP contribution in [0, 0.1) is 0 Å². The average Bonchev–Trinajstić information content (AvgIpc) is 2.61. The van der Waals surface area contributed by atoms with E-state index in [-0.39, 0.29) is 11.6 Å². The van der Waals surface area contributed by atoms with Gasteiger partial charge in [0.2, 0.25) is 5.95 Å². The van der Waals surface area contributed by atoms with Crippen LogP contribution in [0.2, 0.25) is 0 Å². The Morgan fingerprint density at radius 3 is 2.83 bits per heavy atom. The molecule has 0 aliphatic rings. The van der Waals surface area contributed by atoms with Crippen LogP contribution in [0.1, 0.15) is 18.5 Å². The molecule has 0 radical (unpaired) electrons. The third kappa shape index (κ3) is 3.28. The average molecular weight is 324 g/mol. The number of anilines is 1. The fourth-order valence-electron chi connectivity index (χ4n) is 2.68. The predicted molar refractivity (Wildman–Crippen MR) is 94.2 cm³/mol. The highest BCUT2D eigenvalue weighted by atomic mass is 16.5. The topological polar surface area (TPSA) is 69.0 Å². The molecule has 1 atom stereocenters. The summed E-state index contributed by atoms with van der Waals surface area (Å²) in [4.78, 5) is 21.6. The van der Waals surface area contributed by atoms with E-state index in [1.807, 2.05) is 37.3 Å². The van der Waals surface area contributed by atoms with Crippen LogP contribution in [0.15, 0.2) is 53.6 Å². The molecule has 2 heterocycles. The van der Waals surface area contributed by atoms with Crippen molar-refractivity contribution in [2.24, 2.45) is 0 Å². The predicted octanol–water partition coefficient (Wildman–Crippen LogP) is 2.61. The summed E-state index contributed by atoms with van der Waals surface area (Å²) < 4.78 is 6.87. The molecule has 6 nitrogen and oxygen atoms in total. The van der Waals surface area contributed by atoms with Crippen molar-refractivity contribution in [3.05, 3.63) is 64.7 Å². The summed E-state index contributed by atoms with van der Waals surface area (Å²) in [7, 11) is 1.62. The van der Waals surface area contributed by atoms with Gasteiger partial charge < -0.3 is 10.1 Å². The molecule has 3 aromatic rings. The first-order chi connectivity index (χ1) is 11.7. The second-order valence-electron chi connectivity index (χ2n) is 5.65. The van der Waals surface area contributed by atoms with Crippen LogP contribution in [0.4, 0.5) is 5.95 Å². The molecule has 3 rings (SSSR count). The van der Waals surface area contributed by atoms with E-state index < -0.39 is 0 Å². The minimum atomic E-state index is -0.129. The summed E-state index contributed by atoms with van der Waals surface area (Å²) in [5.74, 6) is 0.534. The van der Waals surface area contributed by atoms with E-state index in [1.165, 1.54) is 0 Å². The Kier molecular flexibility index (Phi) is 4.86. The third-order valence-electron chi connectivity index (χ3n) is 3.83. The van der Waals surface area contributed by atoms with Crippen molar-refractivity contribution in [1.82, 2.24) is 14.5 Å². The Morgan fingerprint density at radius 2 is 2.08 bits per heavy atom. The van der Waals surface area contributed by atoms with Crippen molar-refractivity contribution in [2.75, 3.05) is 19.0 Å². The van der Waals surface area contributed by atoms with Gasteiger partial charge in [-0.15, -0.1) is 0 Å². The van der Waals surface area contributed by atoms with Crippen LogP contribution in [0.25, 0.3) is 10.9 Å². The Labute approximate surface area is 140 Å². The highest BCUT2D eigenvalue weighted by molar-refractivity contribution is 5.78. The number of ether oxygens (including phenoxy) is 1. The monoisotopic (exact) mass is 324 g/mol. The van der Waals surface area contributed by atoms with E-state index >= 15 is 0 Å². The van der Waals surface area contributed by atoms with Crippen LogP contribution in [0.3, 0.4) is 0 Å². The fraction of sp³-hybridized carbons (Fsp3) is 0.278. The minimum Gasteiger partial charge on any atom is -0.383 e. The van der Waals surface area contributed by atoms with E-state index in [1.54, 1.807) is 30.1 Å². The van der Waals surface area contributed by atoms with Crippen LogP contribution in [-0.4, -0.2) is 28.3 Å². The first-order valence-corrected chi connectivity index (χ1v) is 7.83. The summed E-state index contributed by atoms with van der Waals surface area (Å²) in [5.41, 5.74) is 1.63. The van der Waals surface area contributed by atoms with E-state index in [0.29, 0.717) is 30.0 Å². The highest BCUT2D eigenvalue weighted by Gasteiger charge is 2.15. The van der Waals surface area contributed by atoms with Crippen molar-refractivity contribution < 1.29 is 4.74 Å². The van der Waals surface area contributed by atoms with Gasteiger partial charge in [-0.3, -0.25) is 14.3 Å². The third-order valence-corrected chi connectivity index (χ3v) is 3.83. The van der Waals surface area contributed by atoms with Crippen molar-refractivity contribution in [1.29, 1.82) is 0 Å². The Balaban J connectivity index is 2.03. The summed E-state index contributed by atoms with van der Waals surface area (Å²) in [6, 6.07) is 11.1. The molecule has 124 valence electrons. The number of hydrogen-bond donors (Lipinski definition) is 1. The van der Waals surface area contributed by atoms with E-state index in [9.17, 15) is 4.79 Å². The van der Waals surface area contributed by atoms with Gasteiger partial charge in [-0.2, -0.15) is 0 Å². The number of aromatic nitrogens is 3. The molecule has 0 amide bonds. The first-order valence-electron chi connectivity index (χ1n) is 7.83. The number of rotatable bonds is 6. The Hall–Kier alpha value is -2.73. The molecule has 0 fully saturated rings. The van der Waals surface area contributed by atoms with Gasteiger partial charge in [-0.25, -0.2) is 4.98 Å². The summed E-state index contributed by atoms with van der Waals surface area (Å²) in [5, 5.41) is 3.86. The summed E-state index contributed by atoms with van der Waals surface area (Å²) in [6.07, 6.45) is 3.52. The van der Waals surface area contributed by atoms with Crippen LogP contribution in [0.5, 0.6) is 0 Å². The van der Waals surface area contributed by atoms with Gasteiger partial charge in [0.05, 0.1) is 23.6 Å². The normalized spacial score (nSPS) is 12.2. The summed E-state index contributed by atoms with van der Waals surface area (Å²) in [6.45, 7) is 2.91. The zero-order valence-corrected chi connectivity index (χ0v) is 13.8. The lowest BCUT2D eigenvalue weighted by Crippen LogP contribution is -2.29. The van der Waals surface area contributed by atoms with Crippen molar-refractivity contribution in [2.45, 2.75) is 19.5 Å². The van der Waals surface area contributed by atoms with Gasteiger partial charge >= 0.3 is 0 Å². The smallest absolute Gasteiger partial charge is 0.263 e. The van der Waals surface area contributed by atoms with Crippen molar-refractivity contribution >= 4 is 16.9 Å². The van der Waals surface area contributed by atoms with Gasteiger partial charge in [-0.1, -0.05) is 18.2 Å². The number of nitrogens with one attached hydrogen (secondary N) is 1. The number of fused-ring (bicyclic) bond motifs is 1. The number of pyridine rings is 1. The van der Waals surface area contributed by atoms with E-state index in [2.05, 4.69) is 15.3 Å². The minimum absolute atomic E-state index is 0.0705. The maximum atomic E-state index is 12.9. The molecule has 6 heteroatoms. The molecule has 0 aliphatic heterocycles. The van der Waals surface area contributed by atoms with Crippen LogP contribution < -0.4 is 10.9 Å². The molecule has 0 aliphatic carbocycles. The maximum absolute atomic E-state index is 12.9. The molecule has 0 bridgehead atoms. The number of methoxy groups -OCH3 is 1. The fourth-order valence-corrected chi connectivity index (χ4v) is 2.68. The molecule has 0 spiro atoms. The zero-order chi connectivity index (χ0) is 16.9. The number of hydrogen-bond acceptors (Lipinski definition) is 5. The van der Waals surface area contributed by atoms with Gasteiger partial charge in [-0.05, 0) is 30.7 Å². The second kappa shape index (κ2) is 7.23. The Morgan fingerprint density at radius 1 is 1.25 bits per heavy atom. The van der Waals surface area contributed by atoms with E-state index in [0.717, 1.165) is 5.56 Å². The quantitative estimate of drug-likeness (QED) is 0.755. The van der Waals surface area contributed by atoms with Gasteiger partial charge in [0.15, 0.2) is 0 Å². The molecule has 0 saturated heterocycles. The lowest BCUT2D eigenvalue weighted by Gasteiger charge is -2.20. The van der Waals surface area contributed by atoms with Crippen LogP contribution >= 0.6 is 0 Å². The van der Waals surface area contributed by atoms with Gasteiger partial charge in [0, 0.05) is 26.0 Å². The van der Waals surface area contributed by atoms with E-state index in [4.69, 9.17) is 4.74 Å². The Bertz CT molecular complexity index is 877. The second-order valence-corrected chi connectivity index (χ2v) is 5.65. The maximum Gasteiger partial charge on any atom is 0.263 e. The van der Waals surface area contributed by atoms with Crippen molar-refractivity contribution in [3.8, 4) is 0 Å². The summed E-state index contributed by atoms with van der Waals surface area (Å²) >= 11 is 0. The molecule has 0 saturated carbocycles. The number of nitrogens with zero attached hydrogens (tertiary/aromatic N) is 3. The van der Waals surface area contributed by atoms with Crippen LogP contribution in [-0.2, 0) is 11.3 Å². The first kappa shape index (κ1) is 16.1. The molecular weight excluding hydrogens is 304 g/mol. The molecule has 1 aromatic carbocycles. The number of para-hydroxylation sites is 1. The molecule has 2 aromatic heterocycles. The lowest BCUT2D eigenvalue weighted by atomic mass is 10.2. The molecular formula is C18H20N4O2. The number of benzene rings is 1. The molecule has 1 N–H and O–H groups in total. The lowest BCUT2D eigenvalue weighted by molar-refractivity contribution is 0.161. The SMILES string of the molecule is COC[C@H](C)n1c(NCc2cccnc2)nc2ccccc2c1=O. The largest absolute Gasteiger partial charge is 0.383 e. The molecule has 0 unspecified atom stereocenters. The van der Waals surface area contributed by atoms with Crippen molar-refractivity contribution in [3.63, 3.8) is 0 Å². The molecule has 24 heavy (non-hydrogen) atoms. The van der Waals surface area contributed by atoms with Gasteiger partial charge in [0.1, 0.15) is 0 Å². The standard InChI is InChI=1S/C18H20N4O2/c1-13(12-24-2)22-17(23)15-7-3-4-8-16(15)21-18(22)20-11-14-6-5-9-19-10-14/h3-10,13H,11-12H2,1-2H3,(H,20,21)/t13-/m0/s1. The van der Waals surface area contributed by atoms with Gasteiger partial charge in [0.25, 0.3) is 5.56 Å². The zero-order valence-electron chi connectivity index (χ0n) is 13.8. The highest BCUT2D eigenvalue weighted by Crippen LogP contribution is 2.16.